The van der Waals surface area contributed by atoms with E-state index in [1.165, 1.54) is 21.7 Å². The van der Waals surface area contributed by atoms with Gasteiger partial charge in [-0.15, -0.1) is 11.3 Å². The number of nitrogens with zero attached hydrogens (tertiary/aromatic N) is 2. The van der Waals surface area contributed by atoms with Crippen LogP contribution >= 0.6 is 11.3 Å². The van der Waals surface area contributed by atoms with Crippen LogP contribution in [-0.4, -0.2) is 9.38 Å². The molecule has 0 unspecified atom stereocenters. The molecule has 0 spiro atoms. The molecule has 3 aromatic rings. The Kier molecular flexibility index (Phi) is 2.19. The van der Waals surface area contributed by atoms with Crippen LogP contribution in [0.15, 0.2) is 30.6 Å². The molecule has 3 rings (SSSR count). The SMILES string of the molecule is Cc1ccc(-c2c(C)sc3c(N)ncn23)cc1. The summed E-state index contributed by atoms with van der Waals surface area (Å²) in [5.41, 5.74) is 9.50. The number of nitrogen functional groups attached to an aromatic ring is 1. The Balaban J connectivity index is 2.29. The summed E-state index contributed by atoms with van der Waals surface area (Å²) in [4.78, 5) is 6.44. The first-order valence-corrected chi connectivity index (χ1v) is 6.27. The van der Waals surface area contributed by atoms with Crippen molar-refractivity contribution < 1.29 is 0 Å². The van der Waals surface area contributed by atoms with Crippen LogP contribution < -0.4 is 5.73 Å². The van der Waals surface area contributed by atoms with E-state index in [0.717, 1.165) is 4.83 Å². The number of hydrogen-bond acceptors (Lipinski definition) is 3. The van der Waals surface area contributed by atoms with E-state index in [-0.39, 0.29) is 0 Å². The summed E-state index contributed by atoms with van der Waals surface area (Å²) >= 11 is 1.69. The van der Waals surface area contributed by atoms with Crippen molar-refractivity contribution in [1.82, 2.24) is 9.38 Å². The van der Waals surface area contributed by atoms with Crippen molar-refractivity contribution in [3.8, 4) is 11.3 Å². The lowest BCUT2D eigenvalue weighted by molar-refractivity contribution is 1.17. The lowest BCUT2D eigenvalue weighted by Gasteiger charge is -2.02. The third-order valence-electron chi connectivity index (χ3n) is 2.90. The van der Waals surface area contributed by atoms with Gasteiger partial charge in [-0.2, -0.15) is 0 Å². The maximum atomic E-state index is 5.84. The van der Waals surface area contributed by atoms with Crippen molar-refractivity contribution in [3.05, 3.63) is 41.0 Å². The van der Waals surface area contributed by atoms with Crippen LogP contribution in [0.25, 0.3) is 16.1 Å². The van der Waals surface area contributed by atoms with E-state index in [1.807, 2.05) is 0 Å². The van der Waals surface area contributed by atoms with Crippen molar-refractivity contribution in [2.45, 2.75) is 13.8 Å². The normalized spacial score (nSPS) is 11.2. The standard InChI is InChI=1S/C13H13N3S/c1-8-3-5-10(6-4-8)11-9(2)17-13-12(14)15-7-16(11)13/h3-7H,14H2,1-2H3. The third kappa shape index (κ3) is 1.52. The molecule has 0 radical (unpaired) electrons. The van der Waals surface area contributed by atoms with Gasteiger partial charge in [0.15, 0.2) is 5.82 Å². The second kappa shape index (κ2) is 3.60. The molecule has 0 bridgehead atoms. The van der Waals surface area contributed by atoms with Gasteiger partial charge in [-0.25, -0.2) is 4.98 Å². The minimum Gasteiger partial charge on any atom is -0.381 e. The van der Waals surface area contributed by atoms with Crippen molar-refractivity contribution >= 4 is 22.0 Å². The molecule has 0 amide bonds. The fourth-order valence-electron chi connectivity index (χ4n) is 2.03. The monoisotopic (exact) mass is 243 g/mol. The highest BCUT2D eigenvalue weighted by atomic mass is 32.1. The van der Waals surface area contributed by atoms with Gasteiger partial charge in [-0.05, 0) is 19.4 Å². The zero-order valence-electron chi connectivity index (χ0n) is 9.77. The smallest absolute Gasteiger partial charge is 0.160 e. The molecule has 0 aliphatic carbocycles. The van der Waals surface area contributed by atoms with Gasteiger partial charge in [0.1, 0.15) is 11.2 Å². The number of anilines is 1. The van der Waals surface area contributed by atoms with Crippen molar-refractivity contribution in [2.75, 3.05) is 5.73 Å². The molecule has 0 saturated carbocycles. The Bertz CT molecular complexity index is 677. The fraction of sp³-hybridized carbons (Fsp3) is 0.154. The molecule has 3 nitrogen and oxygen atoms in total. The summed E-state index contributed by atoms with van der Waals surface area (Å²) < 4.78 is 2.07. The highest BCUT2D eigenvalue weighted by Crippen LogP contribution is 2.33. The van der Waals surface area contributed by atoms with E-state index >= 15 is 0 Å². The second-order valence-corrected chi connectivity index (χ2v) is 5.38. The van der Waals surface area contributed by atoms with E-state index < -0.39 is 0 Å². The number of aromatic nitrogens is 2. The summed E-state index contributed by atoms with van der Waals surface area (Å²) in [6, 6.07) is 8.52. The average molecular weight is 243 g/mol. The number of nitrogens with two attached hydrogens (primary N) is 1. The van der Waals surface area contributed by atoms with E-state index in [1.54, 1.807) is 17.7 Å². The molecule has 86 valence electrons. The van der Waals surface area contributed by atoms with E-state index in [0.29, 0.717) is 5.82 Å². The number of aryl methyl sites for hydroxylation is 2. The minimum absolute atomic E-state index is 0.608. The van der Waals surface area contributed by atoms with Crippen molar-refractivity contribution in [2.24, 2.45) is 0 Å². The summed E-state index contributed by atoms with van der Waals surface area (Å²) in [5.74, 6) is 0.608. The topological polar surface area (TPSA) is 43.3 Å². The molecular weight excluding hydrogens is 230 g/mol. The van der Waals surface area contributed by atoms with Crippen LogP contribution in [0.4, 0.5) is 5.82 Å². The maximum Gasteiger partial charge on any atom is 0.160 e. The molecule has 4 heteroatoms. The van der Waals surface area contributed by atoms with Crippen LogP contribution in [0.1, 0.15) is 10.4 Å². The van der Waals surface area contributed by atoms with Crippen LogP contribution in [-0.2, 0) is 0 Å². The summed E-state index contributed by atoms with van der Waals surface area (Å²) in [6.07, 6.45) is 1.79. The van der Waals surface area contributed by atoms with Gasteiger partial charge in [-0.1, -0.05) is 29.8 Å². The van der Waals surface area contributed by atoms with Gasteiger partial charge in [0.25, 0.3) is 0 Å². The number of benzene rings is 1. The predicted molar refractivity (Wildman–Crippen MR) is 72.4 cm³/mol. The van der Waals surface area contributed by atoms with Gasteiger partial charge < -0.3 is 5.73 Å². The van der Waals surface area contributed by atoms with Crippen molar-refractivity contribution in [3.63, 3.8) is 0 Å². The second-order valence-electron chi connectivity index (χ2n) is 4.18. The molecule has 2 heterocycles. The Morgan fingerprint density at radius 3 is 2.59 bits per heavy atom. The largest absolute Gasteiger partial charge is 0.381 e. The van der Waals surface area contributed by atoms with Gasteiger partial charge in [0.2, 0.25) is 0 Å². The summed E-state index contributed by atoms with van der Waals surface area (Å²) in [6.45, 7) is 4.21. The molecule has 0 saturated heterocycles. The van der Waals surface area contributed by atoms with E-state index in [4.69, 9.17) is 5.73 Å². The first-order chi connectivity index (χ1) is 8.16. The maximum absolute atomic E-state index is 5.84. The van der Waals surface area contributed by atoms with Crippen LogP contribution in [0, 0.1) is 13.8 Å². The third-order valence-corrected chi connectivity index (χ3v) is 4.00. The molecule has 1 aromatic carbocycles. The highest BCUT2D eigenvalue weighted by Gasteiger charge is 2.13. The number of fused-ring (bicyclic) bond motifs is 1. The first kappa shape index (κ1) is 10.4. The van der Waals surface area contributed by atoms with E-state index in [2.05, 4.69) is 47.5 Å². The number of imidazole rings is 1. The summed E-state index contributed by atoms with van der Waals surface area (Å²) in [7, 11) is 0. The van der Waals surface area contributed by atoms with Crippen LogP contribution in [0.3, 0.4) is 0 Å². The average Bonchev–Trinajstić information content (AvgIpc) is 2.81. The molecular formula is C13H13N3S. The molecule has 0 atom stereocenters. The number of thiazole rings is 1. The highest BCUT2D eigenvalue weighted by molar-refractivity contribution is 7.18. The predicted octanol–water partition coefficient (Wildman–Crippen LogP) is 3.26. The van der Waals surface area contributed by atoms with Gasteiger partial charge in [-0.3, -0.25) is 4.40 Å². The molecule has 0 fully saturated rings. The minimum atomic E-state index is 0.608. The van der Waals surface area contributed by atoms with E-state index in [9.17, 15) is 0 Å². The fourth-order valence-corrected chi connectivity index (χ4v) is 3.03. The van der Waals surface area contributed by atoms with Gasteiger partial charge >= 0.3 is 0 Å². The Hall–Kier alpha value is -1.81. The Labute approximate surface area is 104 Å². The first-order valence-electron chi connectivity index (χ1n) is 5.46. The van der Waals surface area contributed by atoms with Crippen molar-refractivity contribution in [1.29, 1.82) is 0 Å². The number of rotatable bonds is 1. The zero-order valence-corrected chi connectivity index (χ0v) is 10.6. The summed E-state index contributed by atoms with van der Waals surface area (Å²) in [5, 5.41) is 0. The molecule has 2 aromatic heterocycles. The van der Waals surface area contributed by atoms with Gasteiger partial charge in [0.05, 0.1) is 5.69 Å². The molecule has 2 N–H and O–H groups in total. The van der Waals surface area contributed by atoms with Crippen LogP contribution in [0.2, 0.25) is 0 Å². The quantitative estimate of drug-likeness (QED) is 0.713. The lowest BCUT2D eigenvalue weighted by atomic mass is 10.1. The van der Waals surface area contributed by atoms with Crippen LogP contribution in [0.5, 0.6) is 0 Å². The molecule has 0 aliphatic heterocycles. The Morgan fingerprint density at radius 2 is 1.88 bits per heavy atom. The Morgan fingerprint density at radius 1 is 1.18 bits per heavy atom. The van der Waals surface area contributed by atoms with Gasteiger partial charge in [0, 0.05) is 4.88 Å². The zero-order chi connectivity index (χ0) is 12.0. The molecule has 17 heavy (non-hydrogen) atoms. The lowest BCUT2D eigenvalue weighted by Crippen LogP contribution is -1.86. The molecule has 0 aliphatic rings. The number of hydrogen-bond donors (Lipinski definition) is 1.